The molecule has 0 aromatic heterocycles. The number of hydrogen-bond acceptors (Lipinski definition) is 3. The lowest BCUT2D eigenvalue weighted by Gasteiger charge is -2.47. The number of hydrogen-bond donors (Lipinski definition) is 0. The molecule has 158 valence electrons. The number of piperidine rings is 2. The minimum absolute atomic E-state index is 0.0490. The van der Waals surface area contributed by atoms with Gasteiger partial charge in [-0.3, -0.25) is 4.79 Å². The molecule has 1 amide bonds. The summed E-state index contributed by atoms with van der Waals surface area (Å²) in [6, 6.07) is 12.6. The number of carbonyl (C=O) groups is 2. The zero-order valence-electron chi connectivity index (χ0n) is 16.7. The Morgan fingerprint density at radius 1 is 1.00 bits per heavy atom. The first-order valence-electron chi connectivity index (χ1n) is 10.5. The van der Waals surface area contributed by atoms with E-state index in [1.807, 2.05) is 30.3 Å². The average Bonchev–Trinajstić information content (AvgIpc) is 2.74. The molecular weight excluding hydrogens is 388 g/mol. The molecule has 0 aliphatic carbocycles. The predicted molar refractivity (Wildman–Crippen MR) is 108 cm³/mol. The summed E-state index contributed by atoms with van der Waals surface area (Å²) < 4.78 is 32.9. The smallest absolute Gasteiger partial charge is 0.410 e. The number of fused-ring (bicyclic) bond motifs is 2. The second-order valence-electron chi connectivity index (χ2n) is 8.23. The van der Waals surface area contributed by atoms with E-state index < -0.39 is 11.6 Å². The normalized spacial score (nSPS) is 23.1. The lowest BCUT2D eigenvalue weighted by atomic mass is 9.76. The molecular formula is C24H25F2NO3. The monoisotopic (exact) mass is 413 g/mol. The van der Waals surface area contributed by atoms with Crippen LogP contribution in [0.15, 0.2) is 48.5 Å². The standard InChI is InChI=1S/C24H25F2NO3/c25-19-9-10-22(26)17(11-19)14-23(28)18-12-20-7-4-8-21(13-18)27(20)24(29)30-15-16-5-2-1-3-6-16/h1-3,5-6,9-11,18,20-21H,4,7-8,12-15H2. The van der Waals surface area contributed by atoms with Gasteiger partial charge in [-0.15, -0.1) is 0 Å². The van der Waals surface area contributed by atoms with E-state index in [2.05, 4.69) is 0 Å². The first-order valence-corrected chi connectivity index (χ1v) is 10.5. The molecule has 2 aromatic carbocycles. The molecule has 2 aliphatic rings. The summed E-state index contributed by atoms with van der Waals surface area (Å²) in [6.45, 7) is 0.219. The molecule has 2 atom stereocenters. The minimum atomic E-state index is -0.563. The van der Waals surface area contributed by atoms with Crippen LogP contribution in [0.25, 0.3) is 0 Å². The van der Waals surface area contributed by atoms with E-state index >= 15 is 0 Å². The van der Waals surface area contributed by atoms with Crippen molar-refractivity contribution in [1.29, 1.82) is 0 Å². The van der Waals surface area contributed by atoms with Crippen LogP contribution in [0.4, 0.5) is 13.6 Å². The number of ether oxygens (including phenoxy) is 1. The van der Waals surface area contributed by atoms with Gasteiger partial charge in [0.25, 0.3) is 0 Å². The maximum atomic E-state index is 13.9. The quantitative estimate of drug-likeness (QED) is 0.689. The minimum Gasteiger partial charge on any atom is -0.445 e. The molecule has 4 rings (SSSR count). The molecule has 6 heteroatoms. The largest absolute Gasteiger partial charge is 0.445 e. The van der Waals surface area contributed by atoms with Crippen molar-refractivity contribution in [3.63, 3.8) is 0 Å². The van der Waals surface area contributed by atoms with Crippen LogP contribution in [-0.2, 0) is 22.6 Å². The number of nitrogens with zero attached hydrogens (tertiary/aromatic N) is 1. The number of halogens is 2. The summed E-state index contributed by atoms with van der Waals surface area (Å²) in [7, 11) is 0. The topological polar surface area (TPSA) is 46.6 Å². The maximum absolute atomic E-state index is 13.9. The molecule has 2 fully saturated rings. The lowest BCUT2D eigenvalue weighted by molar-refractivity contribution is -0.126. The second kappa shape index (κ2) is 8.94. The van der Waals surface area contributed by atoms with Crippen molar-refractivity contribution in [1.82, 2.24) is 4.90 Å². The van der Waals surface area contributed by atoms with Crippen molar-refractivity contribution in [2.75, 3.05) is 0 Å². The molecule has 2 bridgehead atoms. The third-order valence-electron chi connectivity index (χ3n) is 6.22. The molecule has 2 unspecified atom stereocenters. The van der Waals surface area contributed by atoms with Crippen LogP contribution in [-0.4, -0.2) is 28.9 Å². The second-order valence-corrected chi connectivity index (χ2v) is 8.23. The van der Waals surface area contributed by atoms with Gasteiger partial charge in [-0.05, 0) is 61.4 Å². The number of carbonyl (C=O) groups excluding carboxylic acids is 2. The van der Waals surface area contributed by atoms with Crippen LogP contribution in [0.3, 0.4) is 0 Å². The van der Waals surface area contributed by atoms with Crippen molar-refractivity contribution >= 4 is 11.9 Å². The van der Waals surface area contributed by atoms with Gasteiger partial charge >= 0.3 is 6.09 Å². The Bertz CT molecular complexity index is 904. The zero-order valence-corrected chi connectivity index (χ0v) is 16.7. The van der Waals surface area contributed by atoms with Crippen molar-refractivity contribution in [3.8, 4) is 0 Å². The number of Topliss-reactive ketones (excluding diaryl/α,β-unsaturated/α-hetero) is 1. The fourth-order valence-corrected chi connectivity index (χ4v) is 4.75. The van der Waals surface area contributed by atoms with Gasteiger partial charge in [0, 0.05) is 24.4 Å². The molecule has 2 aliphatic heterocycles. The number of amides is 1. The first kappa shape index (κ1) is 20.5. The number of rotatable bonds is 5. The summed E-state index contributed by atoms with van der Waals surface area (Å²) in [4.78, 5) is 27.4. The zero-order chi connectivity index (χ0) is 21.1. The van der Waals surface area contributed by atoms with Crippen LogP contribution in [0.2, 0.25) is 0 Å². The molecule has 0 saturated carbocycles. The first-order chi connectivity index (χ1) is 14.5. The van der Waals surface area contributed by atoms with Crippen LogP contribution in [0.5, 0.6) is 0 Å². The van der Waals surface area contributed by atoms with Crippen LogP contribution < -0.4 is 0 Å². The summed E-state index contributed by atoms with van der Waals surface area (Å²) in [5.74, 6) is -1.45. The highest BCUT2D eigenvalue weighted by molar-refractivity contribution is 5.84. The molecule has 0 N–H and O–H groups in total. The van der Waals surface area contributed by atoms with Gasteiger partial charge in [0.05, 0.1) is 0 Å². The van der Waals surface area contributed by atoms with Crippen molar-refractivity contribution in [3.05, 3.63) is 71.3 Å². The van der Waals surface area contributed by atoms with Crippen LogP contribution >= 0.6 is 0 Å². The van der Waals surface area contributed by atoms with E-state index in [-0.39, 0.29) is 48.5 Å². The Kier molecular flexibility index (Phi) is 6.11. The van der Waals surface area contributed by atoms with Gasteiger partial charge in [0.1, 0.15) is 24.0 Å². The Hall–Kier alpha value is -2.76. The maximum Gasteiger partial charge on any atom is 0.410 e. The molecule has 2 saturated heterocycles. The van der Waals surface area contributed by atoms with Gasteiger partial charge in [0.2, 0.25) is 0 Å². The summed E-state index contributed by atoms with van der Waals surface area (Å²) >= 11 is 0. The Morgan fingerprint density at radius 2 is 1.70 bits per heavy atom. The van der Waals surface area contributed by atoms with Gasteiger partial charge in [0.15, 0.2) is 0 Å². The highest BCUT2D eigenvalue weighted by Crippen LogP contribution is 2.38. The summed E-state index contributed by atoms with van der Waals surface area (Å²) in [6.07, 6.45) is 3.31. The van der Waals surface area contributed by atoms with Crippen molar-refractivity contribution in [2.45, 2.75) is 57.2 Å². The lowest BCUT2D eigenvalue weighted by Crippen LogP contribution is -2.55. The fraction of sp³-hybridized carbons (Fsp3) is 0.417. The highest BCUT2D eigenvalue weighted by atomic mass is 19.1. The SMILES string of the molecule is O=C(Cc1cc(F)ccc1F)C1CC2CCCC(C1)N2C(=O)OCc1ccccc1. The molecule has 0 spiro atoms. The van der Waals surface area contributed by atoms with Crippen molar-refractivity contribution in [2.24, 2.45) is 5.92 Å². The molecule has 30 heavy (non-hydrogen) atoms. The third kappa shape index (κ3) is 4.53. The molecule has 0 radical (unpaired) electrons. The van der Waals surface area contributed by atoms with Gasteiger partial charge in [-0.1, -0.05) is 30.3 Å². The van der Waals surface area contributed by atoms with Gasteiger partial charge in [-0.25, -0.2) is 13.6 Å². The molecule has 2 aromatic rings. The van der Waals surface area contributed by atoms with Crippen molar-refractivity contribution < 1.29 is 23.1 Å². The Balaban J connectivity index is 1.39. The van der Waals surface area contributed by atoms with Gasteiger partial charge in [-0.2, -0.15) is 0 Å². The highest BCUT2D eigenvalue weighted by Gasteiger charge is 2.43. The third-order valence-corrected chi connectivity index (χ3v) is 6.22. The molecule has 4 nitrogen and oxygen atoms in total. The van der Waals surface area contributed by atoms with E-state index in [0.29, 0.717) is 12.8 Å². The predicted octanol–water partition coefficient (Wildman–Crippen LogP) is 5.05. The van der Waals surface area contributed by atoms with E-state index in [9.17, 15) is 18.4 Å². The van der Waals surface area contributed by atoms with Crippen LogP contribution in [0.1, 0.15) is 43.2 Å². The van der Waals surface area contributed by atoms with E-state index in [4.69, 9.17) is 4.74 Å². The summed E-state index contributed by atoms with van der Waals surface area (Å²) in [5.41, 5.74) is 1.02. The fourth-order valence-electron chi connectivity index (χ4n) is 4.75. The molecule has 2 heterocycles. The van der Waals surface area contributed by atoms with Gasteiger partial charge < -0.3 is 9.64 Å². The Morgan fingerprint density at radius 3 is 2.40 bits per heavy atom. The van der Waals surface area contributed by atoms with E-state index in [1.54, 1.807) is 4.90 Å². The number of ketones is 1. The average molecular weight is 413 g/mol. The number of benzene rings is 2. The van der Waals surface area contributed by atoms with Crippen LogP contribution in [0, 0.1) is 17.6 Å². The van der Waals surface area contributed by atoms with E-state index in [1.165, 1.54) is 0 Å². The van der Waals surface area contributed by atoms with E-state index in [0.717, 1.165) is 43.0 Å². The summed E-state index contributed by atoms with van der Waals surface area (Å²) in [5, 5.41) is 0. The Labute approximate surface area is 174 Å².